The molecule has 0 saturated heterocycles. The van der Waals surface area contributed by atoms with Crippen LogP contribution in [0.3, 0.4) is 0 Å². The maximum Gasteiger partial charge on any atom is 0.202 e. The van der Waals surface area contributed by atoms with E-state index in [-0.39, 0.29) is 5.41 Å². The van der Waals surface area contributed by atoms with Gasteiger partial charge in [-0.3, -0.25) is 0 Å². The average molecular weight is 268 g/mol. The normalized spacial score (nSPS) is 24.4. The third kappa shape index (κ3) is 3.20. The Morgan fingerprint density at radius 3 is 2.67 bits per heavy atom. The van der Waals surface area contributed by atoms with Crippen LogP contribution in [0.2, 0.25) is 0 Å². The Bertz CT molecular complexity index is 383. The van der Waals surface area contributed by atoms with Crippen LogP contribution in [0, 0.1) is 11.8 Å². The van der Waals surface area contributed by atoms with Gasteiger partial charge in [-0.2, -0.15) is 4.37 Å². The Kier molecular flexibility index (Phi) is 4.22. The number of aromatic nitrogens is 2. The zero-order valence-corrected chi connectivity index (χ0v) is 12.4. The lowest BCUT2D eigenvalue weighted by Gasteiger charge is -2.17. The van der Waals surface area contributed by atoms with Gasteiger partial charge >= 0.3 is 0 Å². The van der Waals surface area contributed by atoms with Gasteiger partial charge in [0.2, 0.25) is 5.13 Å². The van der Waals surface area contributed by atoms with Gasteiger partial charge in [0.05, 0.1) is 0 Å². The van der Waals surface area contributed by atoms with Crippen LogP contribution in [0.1, 0.15) is 45.9 Å². The summed E-state index contributed by atoms with van der Waals surface area (Å²) in [7, 11) is 0. The van der Waals surface area contributed by atoms with Crippen LogP contribution in [-0.4, -0.2) is 22.4 Å². The lowest BCUT2D eigenvalue weighted by Crippen LogP contribution is -2.24. The van der Waals surface area contributed by atoms with Gasteiger partial charge < -0.3 is 11.1 Å². The molecule has 102 valence electrons. The summed E-state index contributed by atoms with van der Waals surface area (Å²) < 4.78 is 4.42. The molecule has 1 fully saturated rings. The Morgan fingerprint density at radius 2 is 2.06 bits per heavy atom. The minimum atomic E-state index is 0.0313. The Labute approximate surface area is 114 Å². The average Bonchev–Trinajstić information content (AvgIpc) is 2.94. The largest absolute Gasteiger partial charge is 0.360 e. The Hall–Kier alpha value is -0.680. The highest BCUT2D eigenvalue weighted by Gasteiger charge is 2.26. The summed E-state index contributed by atoms with van der Waals surface area (Å²) in [5, 5.41) is 4.38. The van der Waals surface area contributed by atoms with E-state index in [1.54, 1.807) is 0 Å². The molecule has 3 N–H and O–H groups in total. The summed E-state index contributed by atoms with van der Waals surface area (Å²) in [6.07, 6.45) is 3.89. The molecule has 2 atom stereocenters. The van der Waals surface area contributed by atoms with Crippen molar-refractivity contribution in [1.82, 2.24) is 9.36 Å². The molecule has 1 aromatic rings. The molecule has 1 heterocycles. The molecule has 0 spiro atoms. The van der Waals surface area contributed by atoms with E-state index in [9.17, 15) is 0 Å². The summed E-state index contributed by atoms with van der Waals surface area (Å²) in [6, 6.07) is 0. The first kappa shape index (κ1) is 13.7. The molecule has 0 amide bonds. The van der Waals surface area contributed by atoms with Crippen molar-refractivity contribution in [3.05, 3.63) is 5.82 Å². The fraction of sp³-hybridized carbons (Fsp3) is 0.846. The summed E-state index contributed by atoms with van der Waals surface area (Å²) >= 11 is 1.47. The van der Waals surface area contributed by atoms with E-state index in [1.807, 2.05) is 0 Å². The molecule has 0 aliphatic heterocycles. The highest BCUT2D eigenvalue weighted by atomic mass is 32.1. The van der Waals surface area contributed by atoms with Crippen LogP contribution in [0.25, 0.3) is 0 Å². The van der Waals surface area contributed by atoms with Gasteiger partial charge in [0.25, 0.3) is 0 Å². The molecule has 5 heteroatoms. The molecular weight excluding hydrogens is 244 g/mol. The predicted octanol–water partition coefficient (Wildman–Crippen LogP) is 2.62. The fourth-order valence-corrected chi connectivity index (χ4v) is 3.27. The van der Waals surface area contributed by atoms with Crippen molar-refractivity contribution in [3.8, 4) is 0 Å². The second-order valence-corrected chi connectivity index (χ2v) is 6.99. The topological polar surface area (TPSA) is 63.8 Å². The third-order valence-corrected chi connectivity index (χ3v) is 4.40. The monoisotopic (exact) mass is 268 g/mol. The van der Waals surface area contributed by atoms with E-state index in [2.05, 4.69) is 35.4 Å². The van der Waals surface area contributed by atoms with Crippen molar-refractivity contribution in [2.24, 2.45) is 17.6 Å². The number of nitrogens with one attached hydrogen (secondary N) is 1. The van der Waals surface area contributed by atoms with E-state index >= 15 is 0 Å². The second kappa shape index (κ2) is 5.53. The molecule has 2 unspecified atom stereocenters. The molecule has 1 aliphatic carbocycles. The molecule has 18 heavy (non-hydrogen) atoms. The maximum atomic E-state index is 5.80. The third-order valence-electron chi connectivity index (χ3n) is 3.73. The van der Waals surface area contributed by atoms with Crippen LogP contribution < -0.4 is 11.1 Å². The van der Waals surface area contributed by atoms with Gasteiger partial charge in [-0.05, 0) is 31.2 Å². The zero-order valence-electron chi connectivity index (χ0n) is 11.6. The van der Waals surface area contributed by atoms with Crippen molar-refractivity contribution >= 4 is 16.7 Å². The number of nitrogens with zero attached hydrogens (tertiary/aromatic N) is 2. The van der Waals surface area contributed by atoms with Crippen molar-refractivity contribution in [3.63, 3.8) is 0 Å². The highest BCUT2D eigenvalue weighted by Crippen LogP contribution is 2.31. The van der Waals surface area contributed by atoms with E-state index < -0.39 is 0 Å². The van der Waals surface area contributed by atoms with Crippen LogP contribution >= 0.6 is 11.5 Å². The van der Waals surface area contributed by atoms with Crippen molar-refractivity contribution in [2.45, 2.75) is 45.4 Å². The molecule has 0 bridgehead atoms. The zero-order chi connectivity index (χ0) is 13.2. The molecule has 1 aliphatic rings. The SMILES string of the molecule is CC(C)(C)c1nsc(NCC2CCCC2CN)n1. The lowest BCUT2D eigenvalue weighted by atomic mass is 9.96. The van der Waals surface area contributed by atoms with Gasteiger partial charge in [0.15, 0.2) is 0 Å². The van der Waals surface area contributed by atoms with E-state index in [0.717, 1.165) is 24.0 Å². The Morgan fingerprint density at radius 1 is 1.33 bits per heavy atom. The van der Waals surface area contributed by atoms with Gasteiger partial charge in [0.1, 0.15) is 5.82 Å². The van der Waals surface area contributed by atoms with E-state index in [4.69, 9.17) is 5.73 Å². The van der Waals surface area contributed by atoms with Gasteiger partial charge in [-0.1, -0.05) is 27.2 Å². The predicted molar refractivity (Wildman–Crippen MR) is 77.0 cm³/mol. The van der Waals surface area contributed by atoms with E-state index in [0.29, 0.717) is 11.8 Å². The van der Waals surface area contributed by atoms with Crippen molar-refractivity contribution in [1.29, 1.82) is 0 Å². The summed E-state index contributed by atoms with van der Waals surface area (Å²) in [5.41, 5.74) is 5.83. The molecule has 0 radical (unpaired) electrons. The molecular formula is C13H24N4S. The molecule has 0 aromatic carbocycles. The van der Waals surface area contributed by atoms with Crippen LogP contribution in [-0.2, 0) is 5.41 Å². The van der Waals surface area contributed by atoms with Crippen LogP contribution in [0.5, 0.6) is 0 Å². The fourth-order valence-electron chi connectivity index (χ4n) is 2.51. The number of anilines is 1. The lowest BCUT2D eigenvalue weighted by molar-refractivity contribution is 0.414. The number of nitrogens with two attached hydrogens (primary N) is 1. The molecule has 1 aromatic heterocycles. The highest BCUT2D eigenvalue weighted by molar-refractivity contribution is 7.09. The summed E-state index contributed by atoms with van der Waals surface area (Å²) in [4.78, 5) is 4.56. The number of hydrogen-bond acceptors (Lipinski definition) is 5. The Balaban J connectivity index is 1.89. The maximum absolute atomic E-state index is 5.80. The van der Waals surface area contributed by atoms with E-state index in [1.165, 1.54) is 30.8 Å². The van der Waals surface area contributed by atoms with Crippen molar-refractivity contribution in [2.75, 3.05) is 18.4 Å². The molecule has 1 saturated carbocycles. The standard InChI is InChI=1S/C13H24N4S/c1-13(2,3)11-16-12(18-17-11)15-8-10-6-4-5-9(10)7-14/h9-10H,4-8,14H2,1-3H3,(H,15,16,17). The first-order chi connectivity index (χ1) is 8.50. The van der Waals surface area contributed by atoms with Gasteiger partial charge in [-0.25, -0.2) is 4.98 Å². The molecule has 2 rings (SSSR count). The van der Waals surface area contributed by atoms with Gasteiger partial charge in [-0.15, -0.1) is 0 Å². The smallest absolute Gasteiger partial charge is 0.202 e. The van der Waals surface area contributed by atoms with Crippen molar-refractivity contribution < 1.29 is 0 Å². The van der Waals surface area contributed by atoms with Crippen LogP contribution in [0.4, 0.5) is 5.13 Å². The second-order valence-electron chi connectivity index (χ2n) is 6.24. The molecule has 4 nitrogen and oxygen atoms in total. The quantitative estimate of drug-likeness (QED) is 0.881. The number of rotatable bonds is 4. The first-order valence-electron chi connectivity index (χ1n) is 6.79. The minimum Gasteiger partial charge on any atom is -0.360 e. The summed E-state index contributed by atoms with van der Waals surface area (Å²) in [6.45, 7) is 8.22. The minimum absolute atomic E-state index is 0.0313. The van der Waals surface area contributed by atoms with Crippen LogP contribution in [0.15, 0.2) is 0 Å². The first-order valence-corrected chi connectivity index (χ1v) is 7.56. The number of hydrogen-bond donors (Lipinski definition) is 2. The summed E-state index contributed by atoms with van der Waals surface area (Å²) in [5.74, 6) is 2.32. The van der Waals surface area contributed by atoms with Gasteiger partial charge in [0, 0.05) is 23.5 Å².